The number of aryl methyl sites for hydroxylation is 1. The summed E-state index contributed by atoms with van der Waals surface area (Å²) in [6, 6.07) is 11.7. The first kappa shape index (κ1) is 17.0. The standard InChI is InChI=1S/C17H15N3O4S/c1-10-6-7-11(20(23)24)8-13(10)18-16(21)9-15-17(22)19-12-4-2-3-5-14(12)25-15/h2-8,15H,9H2,1H3,(H,18,21)(H,19,22)/t15-/m1/s1. The van der Waals surface area contributed by atoms with Crippen molar-refractivity contribution in [3.05, 3.63) is 58.1 Å². The van der Waals surface area contributed by atoms with Gasteiger partial charge in [-0.3, -0.25) is 19.7 Å². The molecule has 0 unspecified atom stereocenters. The molecule has 1 heterocycles. The summed E-state index contributed by atoms with van der Waals surface area (Å²) in [4.78, 5) is 35.7. The van der Waals surface area contributed by atoms with Crippen LogP contribution in [0.4, 0.5) is 17.1 Å². The highest BCUT2D eigenvalue weighted by Gasteiger charge is 2.29. The van der Waals surface area contributed by atoms with Crippen LogP contribution in [0.5, 0.6) is 0 Å². The predicted molar refractivity (Wildman–Crippen MR) is 95.8 cm³/mol. The average Bonchev–Trinajstić information content (AvgIpc) is 2.57. The number of benzene rings is 2. The van der Waals surface area contributed by atoms with Gasteiger partial charge >= 0.3 is 0 Å². The first-order valence-corrected chi connectivity index (χ1v) is 8.43. The summed E-state index contributed by atoms with van der Waals surface area (Å²) in [5.41, 5.74) is 1.73. The van der Waals surface area contributed by atoms with Gasteiger partial charge in [0.15, 0.2) is 0 Å². The quantitative estimate of drug-likeness (QED) is 0.645. The summed E-state index contributed by atoms with van der Waals surface area (Å²) in [6.07, 6.45) is -0.0209. The van der Waals surface area contributed by atoms with Crippen molar-refractivity contribution in [3.63, 3.8) is 0 Å². The molecule has 2 aromatic rings. The van der Waals surface area contributed by atoms with Crippen molar-refractivity contribution in [1.82, 2.24) is 0 Å². The van der Waals surface area contributed by atoms with Crippen molar-refractivity contribution in [1.29, 1.82) is 0 Å². The summed E-state index contributed by atoms with van der Waals surface area (Å²) in [5.74, 6) is -0.592. The lowest BCUT2D eigenvalue weighted by Gasteiger charge is -2.23. The zero-order valence-corrected chi connectivity index (χ0v) is 14.1. The topological polar surface area (TPSA) is 101 Å². The minimum atomic E-state index is -0.547. The van der Waals surface area contributed by atoms with Gasteiger partial charge in [0, 0.05) is 23.4 Å². The van der Waals surface area contributed by atoms with E-state index in [-0.39, 0.29) is 23.9 Å². The number of rotatable bonds is 4. The third-order valence-corrected chi connectivity index (χ3v) is 5.06. The van der Waals surface area contributed by atoms with Crippen LogP contribution >= 0.6 is 11.8 Å². The molecule has 0 radical (unpaired) electrons. The maximum Gasteiger partial charge on any atom is 0.271 e. The van der Waals surface area contributed by atoms with Crippen molar-refractivity contribution in [3.8, 4) is 0 Å². The number of fused-ring (bicyclic) bond motifs is 1. The van der Waals surface area contributed by atoms with Crippen LogP contribution in [-0.4, -0.2) is 22.0 Å². The molecule has 1 aliphatic rings. The number of carbonyl (C=O) groups excluding carboxylic acids is 2. The van der Waals surface area contributed by atoms with Crippen molar-refractivity contribution in [2.75, 3.05) is 10.6 Å². The number of hydrogen-bond donors (Lipinski definition) is 2. The number of amides is 2. The fourth-order valence-corrected chi connectivity index (χ4v) is 3.57. The van der Waals surface area contributed by atoms with E-state index in [9.17, 15) is 19.7 Å². The fraction of sp³-hybridized carbons (Fsp3) is 0.176. The Morgan fingerprint density at radius 1 is 1.32 bits per heavy atom. The van der Waals surface area contributed by atoms with Crippen LogP contribution in [0.3, 0.4) is 0 Å². The van der Waals surface area contributed by atoms with Crippen molar-refractivity contribution in [2.24, 2.45) is 0 Å². The molecule has 0 aliphatic carbocycles. The highest BCUT2D eigenvalue weighted by molar-refractivity contribution is 8.01. The Labute approximate surface area is 148 Å². The van der Waals surface area contributed by atoms with E-state index in [1.807, 2.05) is 24.3 Å². The van der Waals surface area contributed by atoms with E-state index in [0.29, 0.717) is 11.3 Å². The summed E-state index contributed by atoms with van der Waals surface area (Å²) < 4.78 is 0. The molecule has 8 heteroatoms. The molecule has 7 nitrogen and oxygen atoms in total. The van der Waals surface area contributed by atoms with E-state index in [1.54, 1.807) is 13.0 Å². The van der Waals surface area contributed by atoms with E-state index in [4.69, 9.17) is 0 Å². The zero-order chi connectivity index (χ0) is 18.0. The van der Waals surface area contributed by atoms with Gasteiger partial charge in [-0.25, -0.2) is 0 Å². The third-order valence-electron chi connectivity index (χ3n) is 3.78. The molecule has 2 N–H and O–H groups in total. The minimum absolute atomic E-state index is 0.0209. The lowest BCUT2D eigenvalue weighted by atomic mass is 10.1. The molecule has 3 rings (SSSR count). The van der Waals surface area contributed by atoms with Gasteiger partial charge in [-0.2, -0.15) is 0 Å². The number of anilines is 2. The Bertz CT molecular complexity index is 869. The largest absolute Gasteiger partial charge is 0.326 e. The zero-order valence-electron chi connectivity index (χ0n) is 13.3. The third kappa shape index (κ3) is 3.80. The summed E-state index contributed by atoms with van der Waals surface area (Å²) in [5, 5.41) is 15.8. The Kier molecular flexibility index (Phi) is 4.71. The molecule has 0 saturated carbocycles. The van der Waals surface area contributed by atoms with Crippen LogP contribution in [0.15, 0.2) is 47.4 Å². The molecule has 1 aliphatic heterocycles. The SMILES string of the molecule is Cc1ccc([N+](=O)[O-])cc1NC(=O)C[C@H]1Sc2ccccc2NC1=O. The summed E-state index contributed by atoms with van der Waals surface area (Å²) >= 11 is 1.34. The molecule has 0 spiro atoms. The number of thioether (sulfide) groups is 1. The van der Waals surface area contributed by atoms with Gasteiger partial charge in [0.2, 0.25) is 11.8 Å². The Morgan fingerprint density at radius 3 is 2.84 bits per heavy atom. The van der Waals surface area contributed by atoms with E-state index < -0.39 is 10.2 Å². The maximum absolute atomic E-state index is 12.3. The molecule has 2 amide bonds. The fourth-order valence-electron chi connectivity index (χ4n) is 2.45. The molecule has 25 heavy (non-hydrogen) atoms. The van der Waals surface area contributed by atoms with Crippen LogP contribution in [0.1, 0.15) is 12.0 Å². The van der Waals surface area contributed by atoms with Crippen LogP contribution in [0, 0.1) is 17.0 Å². The van der Waals surface area contributed by atoms with Gasteiger partial charge in [0.05, 0.1) is 21.5 Å². The number of nitro groups is 1. The molecule has 2 aromatic carbocycles. The monoisotopic (exact) mass is 357 g/mol. The second kappa shape index (κ2) is 6.94. The lowest BCUT2D eigenvalue weighted by Crippen LogP contribution is -2.32. The van der Waals surface area contributed by atoms with E-state index in [2.05, 4.69) is 10.6 Å². The minimum Gasteiger partial charge on any atom is -0.326 e. The van der Waals surface area contributed by atoms with Gasteiger partial charge in [0.1, 0.15) is 0 Å². The van der Waals surface area contributed by atoms with Crippen molar-refractivity contribution >= 4 is 40.6 Å². The molecule has 0 bridgehead atoms. The lowest BCUT2D eigenvalue weighted by molar-refractivity contribution is -0.384. The number of nitro benzene ring substituents is 1. The Morgan fingerprint density at radius 2 is 2.08 bits per heavy atom. The second-order valence-corrected chi connectivity index (χ2v) is 6.85. The van der Waals surface area contributed by atoms with Gasteiger partial charge in [-0.1, -0.05) is 18.2 Å². The number of hydrogen-bond acceptors (Lipinski definition) is 5. The molecular formula is C17H15N3O4S. The molecule has 0 fully saturated rings. The van der Waals surface area contributed by atoms with E-state index in [0.717, 1.165) is 10.6 Å². The van der Waals surface area contributed by atoms with Crippen molar-refractivity contribution in [2.45, 2.75) is 23.5 Å². The number of non-ortho nitro benzene ring substituents is 1. The molecular weight excluding hydrogens is 342 g/mol. The second-order valence-electron chi connectivity index (χ2n) is 5.60. The number of nitrogens with one attached hydrogen (secondary N) is 2. The summed E-state index contributed by atoms with van der Waals surface area (Å²) in [6.45, 7) is 1.75. The summed E-state index contributed by atoms with van der Waals surface area (Å²) in [7, 11) is 0. The first-order chi connectivity index (χ1) is 11.9. The number of para-hydroxylation sites is 1. The highest BCUT2D eigenvalue weighted by Crippen LogP contribution is 2.36. The van der Waals surface area contributed by atoms with Gasteiger partial charge in [0.25, 0.3) is 5.69 Å². The van der Waals surface area contributed by atoms with Gasteiger partial charge < -0.3 is 10.6 Å². The van der Waals surface area contributed by atoms with E-state index in [1.165, 1.54) is 23.9 Å². The smallest absolute Gasteiger partial charge is 0.271 e. The first-order valence-electron chi connectivity index (χ1n) is 7.55. The Hall–Kier alpha value is -2.87. The normalized spacial score (nSPS) is 15.9. The molecule has 128 valence electrons. The molecule has 0 aromatic heterocycles. The van der Waals surface area contributed by atoms with Crippen LogP contribution in [0.2, 0.25) is 0 Å². The van der Waals surface area contributed by atoms with Gasteiger partial charge in [-0.15, -0.1) is 11.8 Å². The molecule has 1 atom stereocenters. The number of nitrogens with zero attached hydrogens (tertiary/aromatic N) is 1. The predicted octanol–water partition coefficient (Wildman–Crippen LogP) is 3.34. The van der Waals surface area contributed by atoms with Crippen molar-refractivity contribution < 1.29 is 14.5 Å². The van der Waals surface area contributed by atoms with E-state index >= 15 is 0 Å². The Balaban J connectivity index is 1.70. The highest BCUT2D eigenvalue weighted by atomic mass is 32.2. The van der Waals surface area contributed by atoms with Crippen LogP contribution in [-0.2, 0) is 9.59 Å². The average molecular weight is 357 g/mol. The maximum atomic E-state index is 12.3. The number of carbonyl (C=O) groups is 2. The molecule has 0 saturated heterocycles. The van der Waals surface area contributed by atoms with Crippen LogP contribution in [0.25, 0.3) is 0 Å². The van der Waals surface area contributed by atoms with Gasteiger partial charge in [-0.05, 0) is 24.6 Å². The van der Waals surface area contributed by atoms with Crippen LogP contribution < -0.4 is 10.6 Å².